The van der Waals surface area contributed by atoms with Crippen molar-refractivity contribution in [3.63, 3.8) is 0 Å². The Bertz CT molecular complexity index is 891. The lowest BCUT2D eigenvalue weighted by Gasteiger charge is -2.36. The minimum atomic E-state index is -2.15. The number of Topliss-reactive ketones (excluding diaryl/α,β-unsaturated/α-hetero) is 2. The smallest absolute Gasteiger partial charge is 0.325 e. The van der Waals surface area contributed by atoms with E-state index in [2.05, 4.69) is 20.8 Å². The van der Waals surface area contributed by atoms with E-state index in [1.165, 1.54) is 173 Å². The number of ketones is 2. The van der Waals surface area contributed by atoms with Crippen LogP contribution in [0.3, 0.4) is 0 Å². The number of unbranched alkanes of at least 4 members (excludes halogenated alkanes) is 36. The monoisotopic (exact) mass is 835 g/mol. The summed E-state index contributed by atoms with van der Waals surface area (Å²) < 4.78 is 0. The molecule has 0 spiro atoms. The molecule has 2 unspecified atom stereocenters. The maximum absolute atomic E-state index is 14.3. The topological polar surface area (TPSA) is 112 Å². The first-order valence-electron chi connectivity index (χ1n) is 26.4. The fourth-order valence-electron chi connectivity index (χ4n) is 9.35. The zero-order valence-corrected chi connectivity index (χ0v) is 39.8. The highest BCUT2D eigenvalue weighted by Gasteiger charge is 2.56. The summed E-state index contributed by atoms with van der Waals surface area (Å²) in [5, 5.41) is 31.5. The number of aliphatic hydroxyl groups excluding tert-OH is 2. The van der Waals surface area contributed by atoms with Crippen LogP contribution < -0.4 is 0 Å². The SMILES string of the molecule is CCCCCCCCCCCCCCCC(=O)C(C(=O)O)(C(=O)CCCCCCCCCCCCCCC)C(CCCCCCCCCCCCCCC)CC(O)CO. The van der Waals surface area contributed by atoms with Crippen molar-refractivity contribution in [3.05, 3.63) is 0 Å². The first kappa shape index (κ1) is 57.7. The van der Waals surface area contributed by atoms with Crippen LogP contribution in [0.1, 0.15) is 297 Å². The van der Waals surface area contributed by atoms with Crippen LogP contribution in [0.25, 0.3) is 0 Å². The predicted octanol–water partition coefficient (Wildman–Crippen LogP) is 16.0. The van der Waals surface area contributed by atoms with Crippen LogP contribution in [-0.4, -0.2) is 45.6 Å². The van der Waals surface area contributed by atoms with Gasteiger partial charge in [0.2, 0.25) is 0 Å². The number of hydrogen-bond donors (Lipinski definition) is 3. The Morgan fingerprint density at radius 1 is 0.390 bits per heavy atom. The molecule has 0 aromatic rings. The molecule has 0 bridgehead atoms. The molecule has 0 radical (unpaired) electrons. The standard InChI is InChI=1S/C53H102O6/c1-4-7-10-13-16-19-22-25-28-31-34-37-40-43-48(46-49(55)47-54)53(52(58)59,50(56)44-41-38-35-32-29-26-23-20-17-14-11-8-5-2)51(57)45-42-39-36-33-30-27-24-21-18-15-12-9-6-3/h48-49,54-55H,4-47H2,1-3H3,(H,58,59). The molecule has 0 fully saturated rings. The van der Waals surface area contributed by atoms with Gasteiger partial charge in [-0.25, -0.2) is 0 Å². The van der Waals surface area contributed by atoms with E-state index in [0.717, 1.165) is 57.8 Å². The maximum Gasteiger partial charge on any atom is 0.325 e. The van der Waals surface area contributed by atoms with E-state index in [1.807, 2.05) is 0 Å². The van der Waals surface area contributed by atoms with Crippen molar-refractivity contribution in [1.82, 2.24) is 0 Å². The minimum absolute atomic E-state index is 0.0459. The Morgan fingerprint density at radius 3 is 0.864 bits per heavy atom. The third kappa shape index (κ3) is 31.3. The third-order valence-corrected chi connectivity index (χ3v) is 13.3. The zero-order chi connectivity index (χ0) is 43.5. The van der Waals surface area contributed by atoms with Crippen molar-refractivity contribution < 1.29 is 29.7 Å². The van der Waals surface area contributed by atoms with Gasteiger partial charge in [0.1, 0.15) is 0 Å². The average Bonchev–Trinajstić information content (AvgIpc) is 3.22. The summed E-state index contributed by atoms with van der Waals surface area (Å²) in [4.78, 5) is 42.0. The van der Waals surface area contributed by atoms with Gasteiger partial charge in [-0.05, 0) is 31.6 Å². The highest BCUT2D eigenvalue weighted by Crippen LogP contribution is 2.41. The zero-order valence-electron chi connectivity index (χ0n) is 39.8. The van der Waals surface area contributed by atoms with E-state index in [-0.39, 0.29) is 19.3 Å². The van der Waals surface area contributed by atoms with Crippen LogP contribution in [0, 0.1) is 11.3 Å². The van der Waals surface area contributed by atoms with Crippen molar-refractivity contribution in [3.8, 4) is 0 Å². The van der Waals surface area contributed by atoms with E-state index in [1.54, 1.807) is 0 Å². The predicted molar refractivity (Wildman–Crippen MR) is 252 cm³/mol. The van der Waals surface area contributed by atoms with Gasteiger partial charge >= 0.3 is 5.97 Å². The number of carbonyl (C=O) groups is 3. The fraction of sp³-hybridized carbons (Fsp3) is 0.943. The molecular weight excluding hydrogens is 733 g/mol. The van der Waals surface area contributed by atoms with Gasteiger partial charge < -0.3 is 15.3 Å². The summed E-state index contributed by atoms with van der Waals surface area (Å²) in [6.45, 7) is 6.25. The lowest BCUT2D eigenvalue weighted by molar-refractivity contribution is -0.166. The average molecular weight is 835 g/mol. The van der Waals surface area contributed by atoms with E-state index >= 15 is 0 Å². The largest absolute Gasteiger partial charge is 0.480 e. The number of carboxylic acid groups (broad SMARTS) is 1. The molecule has 6 heteroatoms. The van der Waals surface area contributed by atoms with Gasteiger partial charge in [0.25, 0.3) is 0 Å². The van der Waals surface area contributed by atoms with Crippen molar-refractivity contribution in [1.29, 1.82) is 0 Å². The quantitative estimate of drug-likeness (QED) is 0.0416. The molecule has 350 valence electrons. The molecular formula is C53H102O6. The Kier molecular flexibility index (Phi) is 42.4. The third-order valence-electron chi connectivity index (χ3n) is 13.3. The lowest BCUT2D eigenvalue weighted by Crippen LogP contribution is -2.53. The Balaban J connectivity index is 5.28. The first-order chi connectivity index (χ1) is 28.8. The van der Waals surface area contributed by atoms with Crippen molar-refractivity contribution in [2.75, 3.05) is 6.61 Å². The van der Waals surface area contributed by atoms with Gasteiger partial charge in [-0.15, -0.1) is 0 Å². The molecule has 3 N–H and O–H groups in total. The number of aliphatic hydroxyl groups is 2. The molecule has 0 aromatic heterocycles. The molecule has 0 saturated carbocycles. The van der Waals surface area contributed by atoms with Gasteiger partial charge in [0.05, 0.1) is 12.7 Å². The normalized spacial score (nSPS) is 12.9. The minimum Gasteiger partial charge on any atom is -0.480 e. The van der Waals surface area contributed by atoms with Crippen LogP contribution in [0.15, 0.2) is 0 Å². The van der Waals surface area contributed by atoms with Crippen molar-refractivity contribution >= 4 is 17.5 Å². The summed E-state index contributed by atoms with van der Waals surface area (Å²) in [6, 6.07) is 0. The van der Waals surface area contributed by atoms with Crippen molar-refractivity contribution in [2.24, 2.45) is 11.3 Å². The molecule has 0 rings (SSSR count). The lowest BCUT2D eigenvalue weighted by atomic mass is 9.63. The Labute approximate surface area is 367 Å². The van der Waals surface area contributed by atoms with Gasteiger partial charge in [-0.3, -0.25) is 14.4 Å². The van der Waals surface area contributed by atoms with Crippen LogP contribution in [0.4, 0.5) is 0 Å². The first-order valence-corrected chi connectivity index (χ1v) is 26.4. The van der Waals surface area contributed by atoms with E-state index in [4.69, 9.17) is 0 Å². The number of carbonyl (C=O) groups excluding carboxylic acids is 2. The van der Waals surface area contributed by atoms with E-state index < -0.39 is 41.6 Å². The number of rotatable bonds is 49. The van der Waals surface area contributed by atoms with Crippen molar-refractivity contribution in [2.45, 2.75) is 303 Å². The second-order valence-corrected chi connectivity index (χ2v) is 18.7. The summed E-state index contributed by atoms with van der Waals surface area (Å²) >= 11 is 0. The van der Waals surface area contributed by atoms with Gasteiger partial charge in [-0.2, -0.15) is 0 Å². The molecule has 2 atom stereocenters. The van der Waals surface area contributed by atoms with Gasteiger partial charge in [-0.1, -0.05) is 258 Å². The van der Waals surface area contributed by atoms with Gasteiger partial charge in [0.15, 0.2) is 17.0 Å². The van der Waals surface area contributed by atoms with Crippen LogP contribution in [0.2, 0.25) is 0 Å². The molecule has 6 nitrogen and oxygen atoms in total. The number of aliphatic carboxylic acids is 1. The van der Waals surface area contributed by atoms with Crippen LogP contribution in [-0.2, 0) is 14.4 Å². The Hall–Kier alpha value is -1.27. The van der Waals surface area contributed by atoms with Crippen LogP contribution in [0.5, 0.6) is 0 Å². The second kappa shape index (κ2) is 43.4. The molecule has 0 aliphatic rings. The summed E-state index contributed by atoms with van der Waals surface area (Å²) in [5.41, 5.74) is -2.15. The summed E-state index contributed by atoms with van der Waals surface area (Å²) in [5.74, 6) is -3.12. The fourth-order valence-corrected chi connectivity index (χ4v) is 9.35. The molecule has 0 amide bonds. The number of hydrogen-bond acceptors (Lipinski definition) is 5. The Morgan fingerprint density at radius 2 is 0.627 bits per heavy atom. The summed E-state index contributed by atoms with van der Waals surface area (Å²) in [6.07, 6.45) is 45.5. The molecule has 0 aliphatic heterocycles. The summed E-state index contributed by atoms with van der Waals surface area (Å²) in [7, 11) is 0. The van der Waals surface area contributed by atoms with Crippen LogP contribution >= 0.6 is 0 Å². The van der Waals surface area contributed by atoms with E-state index in [9.17, 15) is 29.7 Å². The molecule has 0 aliphatic carbocycles. The molecule has 0 aromatic carbocycles. The second-order valence-electron chi connectivity index (χ2n) is 18.7. The van der Waals surface area contributed by atoms with Gasteiger partial charge in [0, 0.05) is 12.8 Å². The van der Waals surface area contributed by atoms with E-state index in [0.29, 0.717) is 25.7 Å². The molecule has 0 saturated heterocycles. The highest BCUT2D eigenvalue weighted by atomic mass is 16.4. The highest BCUT2D eigenvalue weighted by molar-refractivity contribution is 6.22. The molecule has 0 heterocycles. The number of carboxylic acids is 1. The maximum atomic E-state index is 14.3. The molecule has 59 heavy (non-hydrogen) atoms.